The molecule has 0 saturated heterocycles. The lowest BCUT2D eigenvalue weighted by Gasteiger charge is -1.56. The van der Waals surface area contributed by atoms with Gasteiger partial charge in [-0.3, -0.25) is 0 Å². The Hall–Kier alpha value is 0.170. The first-order valence-electron chi connectivity index (χ1n) is 1.40. The standard InChI is InChI=1S/C3H7P/c1-2-3-4/h3-4H,2H2,1H3. The second kappa shape index (κ2) is 3.17. The zero-order chi connectivity index (χ0) is 3.41. The Balaban J connectivity index is 2.30. The molecular formula is C3H7P. The van der Waals surface area contributed by atoms with Crippen molar-refractivity contribution < 1.29 is 0 Å². The first-order chi connectivity index (χ1) is 1.91. The van der Waals surface area contributed by atoms with Crippen LogP contribution in [0.15, 0.2) is 0 Å². The van der Waals surface area contributed by atoms with E-state index >= 15 is 0 Å². The average Bonchev–Trinajstić information content (AvgIpc) is 1.37. The van der Waals surface area contributed by atoms with Crippen LogP contribution in [0, 0.1) is 0 Å². The summed E-state index contributed by atoms with van der Waals surface area (Å²) in [5.74, 6) is 1.93. The minimum absolute atomic E-state index is 1.11. The lowest BCUT2D eigenvalue weighted by atomic mass is 10.6. The maximum absolute atomic E-state index is 3.16. The molecule has 0 rings (SSSR count). The summed E-state index contributed by atoms with van der Waals surface area (Å²) >= 11 is 0. The zero-order valence-electron chi connectivity index (χ0n) is 2.78. The van der Waals surface area contributed by atoms with Crippen LogP contribution < -0.4 is 0 Å². The van der Waals surface area contributed by atoms with Gasteiger partial charge < -0.3 is 0 Å². The Kier molecular flexibility index (Phi) is 3.30. The van der Waals surface area contributed by atoms with E-state index < -0.39 is 0 Å². The molecule has 1 heteroatoms. The molecule has 0 bridgehead atoms. The molecule has 24 valence electrons. The van der Waals surface area contributed by atoms with Gasteiger partial charge in [-0.25, -0.2) is 0 Å². The Morgan fingerprint density at radius 1 is 2.00 bits per heavy atom. The van der Waals surface area contributed by atoms with E-state index in [0.29, 0.717) is 0 Å². The Morgan fingerprint density at radius 3 is 2.25 bits per heavy atom. The minimum Gasteiger partial charge on any atom is -0.127 e. The second-order valence-electron chi connectivity index (χ2n) is 0.612. The summed E-state index contributed by atoms with van der Waals surface area (Å²) in [7, 11) is 3.16. The third kappa shape index (κ3) is 2.17. The summed E-state index contributed by atoms with van der Waals surface area (Å²) in [6.45, 7) is 2.08. The van der Waals surface area contributed by atoms with Gasteiger partial charge in [0.15, 0.2) is 0 Å². The Morgan fingerprint density at radius 2 is 2.25 bits per heavy atom. The van der Waals surface area contributed by atoms with Gasteiger partial charge in [0.2, 0.25) is 0 Å². The number of hydrogen-bond acceptors (Lipinski definition) is 0. The SMILES string of the molecule is CCC=P. The summed E-state index contributed by atoms with van der Waals surface area (Å²) in [6.07, 6.45) is 1.11. The van der Waals surface area contributed by atoms with Crippen molar-refractivity contribution in [3.8, 4) is 0 Å². The zero-order valence-corrected chi connectivity index (χ0v) is 3.78. The van der Waals surface area contributed by atoms with Crippen molar-refractivity contribution >= 4 is 14.7 Å². The summed E-state index contributed by atoms with van der Waals surface area (Å²) in [6, 6.07) is 0. The van der Waals surface area contributed by atoms with Crippen LogP contribution in [0.4, 0.5) is 0 Å². The molecule has 0 heterocycles. The summed E-state index contributed by atoms with van der Waals surface area (Å²) in [5, 5.41) is 0. The molecule has 0 nitrogen and oxygen atoms in total. The van der Waals surface area contributed by atoms with E-state index in [0.717, 1.165) is 6.42 Å². The van der Waals surface area contributed by atoms with Crippen LogP contribution in [0.5, 0.6) is 0 Å². The van der Waals surface area contributed by atoms with Crippen LogP contribution >= 0.6 is 8.86 Å². The monoisotopic (exact) mass is 74.0 g/mol. The van der Waals surface area contributed by atoms with Crippen molar-refractivity contribution in [3.05, 3.63) is 0 Å². The van der Waals surface area contributed by atoms with E-state index in [1.165, 1.54) is 0 Å². The van der Waals surface area contributed by atoms with Gasteiger partial charge in [-0.2, -0.15) is 0 Å². The van der Waals surface area contributed by atoms with E-state index in [-0.39, 0.29) is 0 Å². The normalized spacial score (nSPS) is 6.25. The highest BCUT2D eigenvalue weighted by molar-refractivity contribution is 7.18. The van der Waals surface area contributed by atoms with Gasteiger partial charge in [0.1, 0.15) is 0 Å². The number of hydrogen-bond donors (Lipinski definition) is 0. The molecule has 4 heavy (non-hydrogen) atoms. The highest BCUT2D eigenvalue weighted by atomic mass is 31.0. The average molecular weight is 74.1 g/mol. The van der Waals surface area contributed by atoms with E-state index in [2.05, 4.69) is 15.8 Å². The van der Waals surface area contributed by atoms with Gasteiger partial charge in [-0.05, 0) is 6.42 Å². The quantitative estimate of drug-likeness (QED) is 0.412. The molecule has 0 aromatic rings. The van der Waals surface area contributed by atoms with Crippen LogP contribution in [-0.2, 0) is 0 Å². The first-order valence-corrected chi connectivity index (χ1v) is 1.98. The Labute approximate surface area is 29.1 Å². The van der Waals surface area contributed by atoms with Crippen molar-refractivity contribution in [3.63, 3.8) is 0 Å². The van der Waals surface area contributed by atoms with Gasteiger partial charge >= 0.3 is 0 Å². The third-order valence-electron chi connectivity index (χ3n) is 0.204. The molecule has 0 aliphatic carbocycles. The third-order valence-corrected chi connectivity index (χ3v) is 0.612. The van der Waals surface area contributed by atoms with Gasteiger partial charge in [-0.1, -0.05) is 12.7 Å². The fourth-order valence-electron chi connectivity index (χ4n) is 0. The van der Waals surface area contributed by atoms with Crippen LogP contribution in [0.3, 0.4) is 0 Å². The lowest BCUT2D eigenvalue weighted by Crippen LogP contribution is -1.48. The maximum atomic E-state index is 3.16. The molecule has 0 radical (unpaired) electrons. The van der Waals surface area contributed by atoms with Gasteiger partial charge in [0, 0.05) is 0 Å². The topological polar surface area (TPSA) is 0 Å². The fraction of sp³-hybridized carbons (Fsp3) is 0.667. The van der Waals surface area contributed by atoms with Crippen molar-refractivity contribution in [2.75, 3.05) is 0 Å². The molecule has 0 aliphatic heterocycles. The van der Waals surface area contributed by atoms with Gasteiger partial charge in [0.25, 0.3) is 0 Å². The smallest absolute Gasteiger partial charge is 0.0338 e. The highest BCUT2D eigenvalue weighted by Gasteiger charge is 1.46. The minimum atomic E-state index is 1.11. The molecule has 0 unspecified atom stereocenters. The molecule has 0 atom stereocenters. The molecule has 0 fully saturated rings. The predicted octanol–water partition coefficient (Wildman–Crippen LogP) is 1.34. The molecule has 0 saturated carbocycles. The van der Waals surface area contributed by atoms with Crippen LogP contribution in [-0.4, -0.2) is 5.80 Å². The van der Waals surface area contributed by atoms with Crippen molar-refractivity contribution in [2.45, 2.75) is 13.3 Å². The molecule has 0 N–H and O–H groups in total. The van der Waals surface area contributed by atoms with Crippen molar-refractivity contribution in [1.82, 2.24) is 0 Å². The van der Waals surface area contributed by atoms with E-state index in [1.807, 2.05) is 5.80 Å². The van der Waals surface area contributed by atoms with Gasteiger partial charge in [-0.15, -0.1) is 8.86 Å². The first kappa shape index (κ1) is 4.17. The summed E-state index contributed by atoms with van der Waals surface area (Å²) in [4.78, 5) is 0. The van der Waals surface area contributed by atoms with Crippen LogP contribution in [0.1, 0.15) is 13.3 Å². The van der Waals surface area contributed by atoms with Gasteiger partial charge in [0.05, 0.1) is 0 Å². The predicted molar refractivity (Wildman–Crippen MR) is 24.7 cm³/mol. The number of rotatable bonds is 1. The van der Waals surface area contributed by atoms with Crippen LogP contribution in [0.2, 0.25) is 0 Å². The van der Waals surface area contributed by atoms with E-state index in [1.54, 1.807) is 0 Å². The second-order valence-corrected chi connectivity index (χ2v) is 1.02. The summed E-state index contributed by atoms with van der Waals surface area (Å²) in [5.41, 5.74) is 0. The lowest BCUT2D eigenvalue weighted by molar-refractivity contribution is 1.35. The molecule has 0 aromatic heterocycles. The van der Waals surface area contributed by atoms with E-state index in [4.69, 9.17) is 0 Å². The molecule has 0 aromatic carbocycles. The largest absolute Gasteiger partial charge is 0.127 e. The molecular weight excluding hydrogens is 67.0 g/mol. The van der Waals surface area contributed by atoms with Crippen LogP contribution in [0.25, 0.3) is 0 Å². The van der Waals surface area contributed by atoms with Crippen molar-refractivity contribution in [1.29, 1.82) is 0 Å². The molecule has 0 amide bonds. The summed E-state index contributed by atoms with van der Waals surface area (Å²) < 4.78 is 0. The molecule has 0 spiro atoms. The fourth-order valence-corrected chi connectivity index (χ4v) is 0. The Bertz CT molecular complexity index is 17.2. The highest BCUT2D eigenvalue weighted by Crippen LogP contribution is 1.62. The van der Waals surface area contributed by atoms with E-state index in [9.17, 15) is 0 Å². The molecule has 0 aliphatic rings. The van der Waals surface area contributed by atoms with Crippen molar-refractivity contribution in [2.24, 2.45) is 0 Å². The maximum Gasteiger partial charge on any atom is -0.0338 e.